The number of amides is 1. The van der Waals surface area contributed by atoms with Crippen LogP contribution in [-0.2, 0) is 0 Å². The first kappa shape index (κ1) is 12.6. The van der Waals surface area contributed by atoms with Crippen LogP contribution < -0.4 is 5.32 Å². The molecule has 0 unspecified atom stereocenters. The lowest BCUT2D eigenvalue weighted by molar-refractivity contribution is 0.0923. The summed E-state index contributed by atoms with van der Waals surface area (Å²) in [6.07, 6.45) is 4.68. The van der Waals surface area contributed by atoms with Crippen molar-refractivity contribution in [3.8, 4) is 0 Å². The maximum absolute atomic E-state index is 12.0. The van der Waals surface area contributed by atoms with Gasteiger partial charge in [0, 0.05) is 16.1 Å². The van der Waals surface area contributed by atoms with E-state index in [1.165, 1.54) is 12.8 Å². The molecule has 2 rings (SSSR count). The Morgan fingerprint density at radius 3 is 2.35 bits per heavy atom. The van der Waals surface area contributed by atoms with Gasteiger partial charge in [-0.3, -0.25) is 4.79 Å². The first-order valence-electron chi connectivity index (χ1n) is 6.21. The summed E-state index contributed by atoms with van der Waals surface area (Å²) in [7, 11) is 0. The van der Waals surface area contributed by atoms with Crippen molar-refractivity contribution < 1.29 is 4.79 Å². The van der Waals surface area contributed by atoms with Gasteiger partial charge in [-0.2, -0.15) is 0 Å². The Morgan fingerprint density at radius 1 is 1.18 bits per heavy atom. The second-order valence-corrected chi connectivity index (χ2v) is 5.85. The van der Waals surface area contributed by atoms with E-state index < -0.39 is 0 Å². The molecule has 1 fully saturated rings. The molecule has 1 saturated carbocycles. The Labute approximate surface area is 111 Å². The van der Waals surface area contributed by atoms with Crippen molar-refractivity contribution in [2.24, 2.45) is 5.92 Å². The van der Waals surface area contributed by atoms with E-state index in [1.807, 2.05) is 24.3 Å². The largest absolute Gasteiger partial charge is 0.349 e. The van der Waals surface area contributed by atoms with Crippen LogP contribution in [0, 0.1) is 5.92 Å². The first-order chi connectivity index (χ1) is 8.15. The Kier molecular flexibility index (Phi) is 4.21. The lowest BCUT2D eigenvalue weighted by Gasteiger charge is -2.26. The number of nitrogens with one attached hydrogen (secondary N) is 1. The zero-order valence-corrected chi connectivity index (χ0v) is 11.7. The lowest BCUT2D eigenvalue weighted by Crippen LogP contribution is -2.37. The molecule has 1 N–H and O–H groups in total. The predicted octanol–water partition coefficient (Wildman–Crippen LogP) is 3.76. The van der Waals surface area contributed by atoms with Crippen LogP contribution in [0.15, 0.2) is 28.7 Å². The van der Waals surface area contributed by atoms with E-state index in [-0.39, 0.29) is 5.91 Å². The van der Waals surface area contributed by atoms with E-state index in [1.54, 1.807) is 0 Å². The topological polar surface area (TPSA) is 29.1 Å². The third-order valence-electron chi connectivity index (χ3n) is 3.46. The van der Waals surface area contributed by atoms with Gasteiger partial charge in [0.15, 0.2) is 0 Å². The molecule has 0 radical (unpaired) electrons. The Morgan fingerprint density at radius 2 is 1.76 bits per heavy atom. The molecule has 0 saturated heterocycles. The van der Waals surface area contributed by atoms with Crippen LogP contribution in [-0.4, -0.2) is 11.9 Å². The van der Waals surface area contributed by atoms with Crippen LogP contribution >= 0.6 is 15.9 Å². The third kappa shape index (κ3) is 3.56. The minimum Gasteiger partial charge on any atom is -0.349 e. The number of carbonyl (C=O) groups is 1. The molecule has 17 heavy (non-hydrogen) atoms. The molecule has 2 nitrogen and oxygen atoms in total. The third-order valence-corrected chi connectivity index (χ3v) is 3.99. The average molecular weight is 296 g/mol. The second kappa shape index (κ2) is 5.67. The van der Waals surface area contributed by atoms with Gasteiger partial charge in [-0.1, -0.05) is 22.9 Å². The summed E-state index contributed by atoms with van der Waals surface area (Å²) in [6, 6.07) is 7.87. The van der Waals surface area contributed by atoms with Crippen molar-refractivity contribution in [3.63, 3.8) is 0 Å². The molecule has 0 atom stereocenters. The number of rotatable bonds is 2. The Bertz CT molecular complexity index is 380. The van der Waals surface area contributed by atoms with Crippen molar-refractivity contribution in [1.82, 2.24) is 5.32 Å². The lowest BCUT2D eigenvalue weighted by atomic mass is 9.87. The fourth-order valence-corrected chi connectivity index (χ4v) is 2.54. The van der Waals surface area contributed by atoms with Crippen LogP contribution in [0.3, 0.4) is 0 Å². The van der Waals surface area contributed by atoms with Gasteiger partial charge in [-0.25, -0.2) is 0 Å². The molecule has 0 aromatic heterocycles. The number of benzene rings is 1. The SMILES string of the molecule is CC1CCC(NC(=O)c2ccc(Br)cc2)CC1. The average Bonchev–Trinajstić information content (AvgIpc) is 2.33. The van der Waals surface area contributed by atoms with E-state index in [0.717, 1.165) is 28.8 Å². The Hall–Kier alpha value is -0.830. The van der Waals surface area contributed by atoms with Gasteiger partial charge in [-0.15, -0.1) is 0 Å². The smallest absolute Gasteiger partial charge is 0.251 e. The summed E-state index contributed by atoms with van der Waals surface area (Å²) in [5.74, 6) is 0.868. The van der Waals surface area contributed by atoms with Crippen LogP contribution in [0.25, 0.3) is 0 Å². The zero-order chi connectivity index (χ0) is 12.3. The van der Waals surface area contributed by atoms with E-state index >= 15 is 0 Å². The molecule has 0 aliphatic heterocycles. The van der Waals surface area contributed by atoms with Crippen LogP contribution in [0.1, 0.15) is 43.0 Å². The minimum absolute atomic E-state index is 0.0528. The molecule has 1 aromatic carbocycles. The number of hydrogen-bond donors (Lipinski definition) is 1. The summed E-state index contributed by atoms with van der Waals surface area (Å²) in [5.41, 5.74) is 0.742. The molecule has 0 heterocycles. The standard InChI is InChI=1S/C14H18BrNO/c1-10-2-8-13(9-3-10)16-14(17)11-4-6-12(15)7-5-11/h4-7,10,13H,2-3,8-9H2,1H3,(H,16,17). The van der Waals surface area contributed by atoms with Crippen molar-refractivity contribution in [3.05, 3.63) is 34.3 Å². The van der Waals surface area contributed by atoms with Gasteiger partial charge in [0.05, 0.1) is 0 Å². The minimum atomic E-state index is 0.0528. The van der Waals surface area contributed by atoms with Gasteiger partial charge < -0.3 is 5.32 Å². The highest BCUT2D eigenvalue weighted by Crippen LogP contribution is 2.23. The molecule has 1 amide bonds. The summed E-state index contributed by atoms with van der Waals surface area (Å²) in [5, 5.41) is 3.12. The van der Waals surface area contributed by atoms with Gasteiger partial charge >= 0.3 is 0 Å². The number of halogens is 1. The zero-order valence-electron chi connectivity index (χ0n) is 10.1. The molecular weight excluding hydrogens is 278 g/mol. The number of carbonyl (C=O) groups excluding carboxylic acids is 1. The molecule has 1 aliphatic carbocycles. The van der Waals surface area contributed by atoms with Crippen molar-refractivity contribution in [2.75, 3.05) is 0 Å². The Balaban J connectivity index is 1.91. The fourth-order valence-electron chi connectivity index (χ4n) is 2.27. The first-order valence-corrected chi connectivity index (χ1v) is 7.01. The number of hydrogen-bond acceptors (Lipinski definition) is 1. The summed E-state index contributed by atoms with van der Waals surface area (Å²) < 4.78 is 1.00. The highest BCUT2D eigenvalue weighted by atomic mass is 79.9. The molecule has 1 aromatic rings. The van der Waals surface area contributed by atoms with E-state index in [4.69, 9.17) is 0 Å². The van der Waals surface area contributed by atoms with Crippen LogP contribution in [0.4, 0.5) is 0 Å². The second-order valence-electron chi connectivity index (χ2n) is 4.94. The highest BCUT2D eigenvalue weighted by molar-refractivity contribution is 9.10. The normalized spacial score (nSPS) is 24.4. The summed E-state index contributed by atoms with van der Waals surface area (Å²) >= 11 is 3.37. The van der Waals surface area contributed by atoms with E-state index in [9.17, 15) is 4.79 Å². The monoisotopic (exact) mass is 295 g/mol. The van der Waals surface area contributed by atoms with Gasteiger partial charge in [0.25, 0.3) is 5.91 Å². The van der Waals surface area contributed by atoms with E-state index in [0.29, 0.717) is 6.04 Å². The quantitative estimate of drug-likeness (QED) is 0.884. The summed E-state index contributed by atoms with van der Waals surface area (Å²) in [4.78, 5) is 12.0. The molecule has 3 heteroatoms. The molecule has 1 aliphatic rings. The van der Waals surface area contributed by atoms with Gasteiger partial charge in [0.1, 0.15) is 0 Å². The van der Waals surface area contributed by atoms with Gasteiger partial charge in [-0.05, 0) is 55.9 Å². The van der Waals surface area contributed by atoms with Crippen molar-refractivity contribution in [2.45, 2.75) is 38.6 Å². The van der Waals surface area contributed by atoms with Crippen LogP contribution in [0.2, 0.25) is 0 Å². The van der Waals surface area contributed by atoms with Gasteiger partial charge in [0.2, 0.25) is 0 Å². The maximum atomic E-state index is 12.0. The van der Waals surface area contributed by atoms with Crippen LogP contribution in [0.5, 0.6) is 0 Å². The van der Waals surface area contributed by atoms with E-state index in [2.05, 4.69) is 28.2 Å². The highest BCUT2D eigenvalue weighted by Gasteiger charge is 2.20. The van der Waals surface area contributed by atoms with Crippen molar-refractivity contribution >= 4 is 21.8 Å². The molecule has 0 bridgehead atoms. The molecule has 0 spiro atoms. The molecule has 92 valence electrons. The maximum Gasteiger partial charge on any atom is 0.251 e. The molecular formula is C14H18BrNO. The summed E-state index contributed by atoms with van der Waals surface area (Å²) in [6.45, 7) is 2.28. The predicted molar refractivity (Wildman–Crippen MR) is 73.0 cm³/mol. The van der Waals surface area contributed by atoms with Crippen molar-refractivity contribution in [1.29, 1.82) is 0 Å². The fraction of sp³-hybridized carbons (Fsp3) is 0.500.